The van der Waals surface area contributed by atoms with Crippen molar-refractivity contribution in [2.75, 3.05) is 5.43 Å². The minimum atomic E-state index is 0.751. The molecule has 1 saturated carbocycles. The van der Waals surface area contributed by atoms with Crippen molar-refractivity contribution in [2.45, 2.75) is 25.2 Å². The van der Waals surface area contributed by atoms with Crippen LogP contribution in [0.25, 0.3) is 11.3 Å². The first kappa shape index (κ1) is 11.2. The zero-order chi connectivity index (χ0) is 12.4. The Balaban J connectivity index is 1.94. The van der Waals surface area contributed by atoms with Crippen molar-refractivity contribution in [2.24, 2.45) is 5.84 Å². The van der Waals surface area contributed by atoms with Gasteiger partial charge in [-0.2, -0.15) is 0 Å². The van der Waals surface area contributed by atoms with Crippen LogP contribution in [0.5, 0.6) is 0 Å². The van der Waals surface area contributed by atoms with Crippen molar-refractivity contribution < 1.29 is 0 Å². The molecule has 1 aliphatic carbocycles. The second-order valence-corrected chi connectivity index (χ2v) is 4.83. The van der Waals surface area contributed by atoms with Crippen molar-refractivity contribution >= 4 is 5.69 Å². The van der Waals surface area contributed by atoms with Crippen LogP contribution >= 0.6 is 0 Å². The van der Waals surface area contributed by atoms with Crippen LogP contribution < -0.4 is 11.3 Å². The number of nitrogen functional groups attached to an aromatic ring is 1. The van der Waals surface area contributed by atoms with Crippen LogP contribution in [0, 0.1) is 0 Å². The number of nitrogens with zero attached hydrogens (tertiary/aromatic N) is 1. The second kappa shape index (κ2) is 4.78. The highest BCUT2D eigenvalue weighted by Gasteiger charge is 2.19. The normalized spacial score (nSPS) is 15.2. The van der Waals surface area contributed by atoms with Gasteiger partial charge in [0.1, 0.15) is 0 Å². The van der Waals surface area contributed by atoms with Gasteiger partial charge in [-0.05, 0) is 42.5 Å². The number of hydrogen-bond donors (Lipinski definition) is 2. The highest BCUT2D eigenvalue weighted by molar-refractivity contribution is 5.64. The van der Waals surface area contributed by atoms with Gasteiger partial charge in [0.2, 0.25) is 0 Å². The first-order valence-corrected chi connectivity index (χ1v) is 6.40. The van der Waals surface area contributed by atoms with Crippen molar-refractivity contribution in [3.05, 3.63) is 48.2 Å². The fraction of sp³-hybridized carbons (Fsp3) is 0.267. The monoisotopic (exact) mass is 239 g/mol. The third kappa shape index (κ3) is 2.09. The van der Waals surface area contributed by atoms with E-state index in [0.29, 0.717) is 0 Å². The molecule has 92 valence electrons. The SMILES string of the molecule is NNc1ccnc(-c2cccc(C3CCC3)c2)c1. The summed E-state index contributed by atoms with van der Waals surface area (Å²) in [6.07, 6.45) is 5.78. The largest absolute Gasteiger partial charge is 0.324 e. The predicted molar refractivity (Wildman–Crippen MR) is 74.1 cm³/mol. The fourth-order valence-electron chi connectivity index (χ4n) is 2.37. The highest BCUT2D eigenvalue weighted by Crippen LogP contribution is 2.37. The van der Waals surface area contributed by atoms with E-state index in [9.17, 15) is 0 Å². The number of pyridine rings is 1. The molecule has 0 saturated heterocycles. The standard InChI is InChI=1S/C15H17N3/c16-18-14-7-8-17-15(10-14)13-6-2-5-12(9-13)11-3-1-4-11/h2,5-11H,1,3-4,16H2,(H,17,18). The lowest BCUT2D eigenvalue weighted by atomic mass is 9.79. The molecule has 3 N–H and O–H groups in total. The third-order valence-electron chi connectivity index (χ3n) is 3.69. The third-order valence-corrected chi connectivity index (χ3v) is 3.69. The van der Waals surface area contributed by atoms with Gasteiger partial charge < -0.3 is 5.43 Å². The number of rotatable bonds is 3. The molecule has 1 aromatic carbocycles. The highest BCUT2D eigenvalue weighted by atomic mass is 15.2. The van der Waals surface area contributed by atoms with E-state index in [0.717, 1.165) is 22.9 Å². The molecule has 0 aliphatic heterocycles. The van der Waals surface area contributed by atoms with Crippen LogP contribution in [0.2, 0.25) is 0 Å². The van der Waals surface area contributed by atoms with E-state index in [2.05, 4.69) is 34.7 Å². The smallest absolute Gasteiger partial charge is 0.0723 e. The first-order valence-electron chi connectivity index (χ1n) is 6.40. The zero-order valence-electron chi connectivity index (χ0n) is 10.3. The number of hydrazine groups is 1. The molecule has 1 aromatic heterocycles. The van der Waals surface area contributed by atoms with Gasteiger partial charge in [-0.25, -0.2) is 0 Å². The second-order valence-electron chi connectivity index (χ2n) is 4.83. The van der Waals surface area contributed by atoms with Gasteiger partial charge in [0, 0.05) is 11.8 Å². The summed E-state index contributed by atoms with van der Waals surface area (Å²) < 4.78 is 0. The molecule has 0 amide bonds. The molecule has 0 radical (unpaired) electrons. The number of benzene rings is 1. The summed E-state index contributed by atoms with van der Waals surface area (Å²) in [7, 11) is 0. The summed E-state index contributed by atoms with van der Waals surface area (Å²) in [5.41, 5.74) is 7.10. The van der Waals surface area contributed by atoms with Crippen LogP contribution in [0.15, 0.2) is 42.6 Å². The van der Waals surface area contributed by atoms with E-state index < -0.39 is 0 Å². The predicted octanol–water partition coefficient (Wildman–Crippen LogP) is 3.30. The van der Waals surface area contributed by atoms with Gasteiger partial charge in [-0.3, -0.25) is 10.8 Å². The summed E-state index contributed by atoms with van der Waals surface area (Å²) >= 11 is 0. The molecule has 1 aliphatic rings. The van der Waals surface area contributed by atoms with Crippen LogP contribution in [-0.2, 0) is 0 Å². The summed E-state index contributed by atoms with van der Waals surface area (Å²) in [6, 6.07) is 12.5. The molecule has 3 heteroatoms. The summed E-state index contributed by atoms with van der Waals surface area (Å²) in [5, 5.41) is 0. The number of nitrogens with two attached hydrogens (primary N) is 1. The summed E-state index contributed by atoms with van der Waals surface area (Å²) in [6.45, 7) is 0. The van der Waals surface area contributed by atoms with Gasteiger partial charge in [0.05, 0.1) is 11.4 Å². The van der Waals surface area contributed by atoms with Crippen molar-refractivity contribution in [3.8, 4) is 11.3 Å². The molecule has 1 heterocycles. The van der Waals surface area contributed by atoms with E-state index in [-0.39, 0.29) is 0 Å². The average molecular weight is 239 g/mol. The Morgan fingerprint density at radius 1 is 1.17 bits per heavy atom. The molecular weight excluding hydrogens is 222 g/mol. The molecule has 0 unspecified atom stereocenters. The Kier molecular flexibility index (Phi) is 2.99. The number of nitrogens with one attached hydrogen (secondary N) is 1. The molecule has 3 nitrogen and oxygen atoms in total. The van der Waals surface area contributed by atoms with Gasteiger partial charge >= 0.3 is 0 Å². The van der Waals surface area contributed by atoms with Gasteiger partial charge in [0.25, 0.3) is 0 Å². The number of aromatic nitrogens is 1. The molecule has 2 aromatic rings. The van der Waals surface area contributed by atoms with E-state index >= 15 is 0 Å². The Bertz CT molecular complexity index is 547. The maximum Gasteiger partial charge on any atom is 0.0723 e. The molecule has 0 bridgehead atoms. The van der Waals surface area contributed by atoms with Crippen molar-refractivity contribution in [3.63, 3.8) is 0 Å². The maximum absolute atomic E-state index is 5.43. The van der Waals surface area contributed by atoms with Gasteiger partial charge in [-0.1, -0.05) is 24.6 Å². The van der Waals surface area contributed by atoms with Gasteiger partial charge in [0.15, 0.2) is 0 Å². The lowest BCUT2D eigenvalue weighted by Crippen LogP contribution is -2.08. The van der Waals surface area contributed by atoms with Crippen LogP contribution in [0.3, 0.4) is 0 Å². The topological polar surface area (TPSA) is 50.9 Å². The van der Waals surface area contributed by atoms with Crippen LogP contribution in [-0.4, -0.2) is 4.98 Å². The first-order chi connectivity index (χ1) is 8.86. The van der Waals surface area contributed by atoms with E-state index in [1.807, 2.05) is 12.1 Å². The zero-order valence-corrected chi connectivity index (χ0v) is 10.3. The molecule has 3 rings (SSSR count). The minimum absolute atomic E-state index is 0.751. The summed E-state index contributed by atoms with van der Waals surface area (Å²) in [5.74, 6) is 6.18. The van der Waals surface area contributed by atoms with E-state index in [4.69, 9.17) is 5.84 Å². The summed E-state index contributed by atoms with van der Waals surface area (Å²) in [4.78, 5) is 4.41. The molecule has 0 spiro atoms. The Morgan fingerprint density at radius 3 is 2.78 bits per heavy atom. The van der Waals surface area contributed by atoms with E-state index in [1.165, 1.54) is 24.8 Å². The number of hydrogen-bond acceptors (Lipinski definition) is 3. The Hall–Kier alpha value is -1.87. The Morgan fingerprint density at radius 2 is 2.06 bits per heavy atom. The fourth-order valence-corrected chi connectivity index (χ4v) is 2.37. The lowest BCUT2D eigenvalue weighted by molar-refractivity contribution is 0.420. The van der Waals surface area contributed by atoms with Crippen LogP contribution in [0.4, 0.5) is 5.69 Å². The van der Waals surface area contributed by atoms with Crippen molar-refractivity contribution in [1.82, 2.24) is 4.98 Å². The Labute approximate surface area is 107 Å². The molecular formula is C15H17N3. The minimum Gasteiger partial charge on any atom is -0.324 e. The maximum atomic E-state index is 5.43. The van der Waals surface area contributed by atoms with Crippen molar-refractivity contribution in [1.29, 1.82) is 0 Å². The van der Waals surface area contributed by atoms with E-state index in [1.54, 1.807) is 6.20 Å². The number of anilines is 1. The molecule has 1 fully saturated rings. The van der Waals surface area contributed by atoms with Gasteiger partial charge in [-0.15, -0.1) is 0 Å². The van der Waals surface area contributed by atoms with Crippen LogP contribution in [0.1, 0.15) is 30.7 Å². The molecule has 18 heavy (non-hydrogen) atoms. The molecule has 0 atom stereocenters. The average Bonchev–Trinajstić information content (AvgIpc) is 2.37. The quantitative estimate of drug-likeness (QED) is 0.638. The lowest BCUT2D eigenvalue weighted by Gasteiger charge is -2.26.